The number of carbonyl (C=O) groups is 1. The number of nitrogens with one attached hydrogen (secondary N) is 2. The van der Waals surface area contributed by atoms with Crippen molar-refractivity contribution >= 4 is 6.29 Å². The van der Waals surface area contributed by atoms with Gasteiger partial charge in [0.2, 0.25) is 0 Å². The summed E-state index contributed by atoms with van der Waals surface area (Å²) in [6.45, 7) is 1.44. The fourth-order valence-corrected chi connectivity index (χ4v) is 0. The molecule has 0 saturated carbocycles. The molecule has 3 nitrogen and oxygen atoms in total. The maximum Gasteiger partial charge on any atom is 0.116 e. The van der Waals surface area contributed by atoms with E-state index < -0.39 is 0 Å². The van der Waals surface area contributed by atoms with Crippen LogP contribution in [0, 0.1) is 11.1 Å². The van der Waals surface area contributed by atoms with E-state index in [4.69, 9.17) is 15.9 Å². The SMILES string of the molecule is CC=O.N=N. The second-order valence-corrected chi connectivity index (χ2v) is 0.236. The first-order chi connectivity index (χ1) is 2.41. The molecule has 0 aromatic carbocycles. The number of hydrogen-bond donors (Lipinski definition) is 2. The first kappa shape index (κ1) is 8.86. The van der Waals surface area contributed by atoms with Gasteiger partial charge >= 0.3 is 0 Å². The van der Waals surface area contributed by atoms with Gasteiger partial charge in [-0.25, -0.2) is 11.1 Å². The maximum absolute atomic E-state index is 8.81. The van der Waals surface area contributed by atoms with Gasteiger partial charge in [-0.15, -0.1) is 0 Å². The first-order valence-corrected chi connectivity index (χ1v) is 1.06. The summed E-state index contributed by atoms with van der Waals surface area (Å²) in [7, 11) is 0. The van der Waals surface area contributed by atoms with Gasteiger partial charge in [0, 0.05) is 0 Å². The van der Waals surface area contributed by atoms with Gasteiger partial charge in [0.15, 0.2) is 0 Å². The molecule has 0 aliphatic rings. The molecule has 0 unspecified atom stereocenters. The molecule has 5 heavy (non-hydrogen) atoms. The molecule has 0 aromatic rings. The molecule has 0 aliphatic carbocycles. The summed E-state index contributed by atoms with van der Waals surface area (Å²) in [5, 5.41) is 0. The lowest BCUT2D eigenvalue weighted by atomic mass is 11.0. The number of hydrogen-bond acceptors (Lipinski definition) is 3. The van der Waals surface area contributed by atoms with Gasteiger partial charge in [0.1, 0.15) is 6.29 Å². The van der Waals surface area contributed by atoms with E-state index >= 15 is 0 Å². The first-order valence-electron chi connectivity index (χ1n) is 1.06. The summed E-state index contributed by atoms with van der Waals surface area (Å²) in [6.07, 6.45) is 0.750. The standard InChI is InChI=1S/C2H4O.H2N2/c1-2-3;1-2/h2H,1H3;1-2H. The molecule has 0 aromatic heterocycles. The Morgan fingerprint density at radius 2 is 1.60 bits per heavy atom. The van der Waals surface area contributed by atoms with Crippen LogP contribution in [0.3, 0.4) is 0 Å². The second-order valence-electron chi connectivity index (χ2n) is 0.236. The van der Waals surface area contributed by atoms with E-state index in [9.17, 15) is 0 Å². The molecule has 0 atom stereocenters. The lowest BCUT2D eigenvalue weighted by Gasteiger charge is -1.23. The Kier molecular flexibility index (Phi) is 410. The van der Waals surface area contributed by atoms with E-state index in [2.05, 4.69) is 0 Å². The molecule has 0 bridgehead atoms. The van der Waals surface area contributed by atoms with Crippen molar-refractivity contribution in [3.8, 4) is 0 Å². The summed E-state index contributed by atoms with van der Waals surface area (Å²) in [6, 6.07) is 0. The molecule has 0 fully saturated rings. The van der Waals surface area contributed by atoms with Crippen LogP contribution >= 0.6 is 0 Å². The Balaban J connectivity index is 0. The molecule has 2 N–H and O–H groups in total. The topological polar surface area (TPSA) is 64.8 Å². The fourth-order valence-electron chi connectivity index (χ4n) is 0. The average Bonchev–Trinajstić information content (AvgIpc) is 1.46. The second kappa shape index (κ2) is 231. The van der Waals surface area contributed by atoms with Crippen LogP contribution in [0.4, 0.5) is 0 Å². The van der Waals surface area contributed by atoms with Crippen molar-refractivity contribution in [1.82, 2.24) is 0 Å². The van der Waals surface area contributed by atoms with Crippen molar-refractivity contribution < 1.29 is 4.79 Å². The smallest absolute Gasteiger partial charge is 0.116 e. The fraction of sp³-hybridized carbons (Fsp3) is 0.500. The van der Waals surface area contributed by atoms with Crippen LogP contribution in [0.1, 0.15) is 6.92 Å². The summed E-state index contributed by atoms with van der Waals surface area (Å²) >= 11 is 0. The van der Waals surface area contributed by atoms with E-state index in [0.717, 1.165) is 6.29 Å². The monoisotopic (exact) mass is 74.0 g/mol. The third-order valence-corrected chi connectivity index (χ3v) is 0. The van der Waals surface area contributed by atoms with Gasteiger partial charge < -0.3 is 4.79 Å². The van der Waals surface area contributed by atoms with E-state index in [0.29, 0.717) is 0 Å². The Morgan fingerprint density at radius 1 is 1.60 bits per heavy atom. The van der Waals surface area contributed by atoms with Crippen molar-refractivity contribution in [2.24, 2.45) is 0 Å². The lowest BCUT2D eigenvalue weighted by molar-refractivity contribution is -0.106. The highest BCUT2D eigenvalue weighted by atomic mass is 16.1. The van der Waals surface area contributed by atoms with E-state index in [1.54, 1.807) is 0 Å². The van der Waals surface area contributed by atoms with Crippen LogP contribution in [0.5, 0.6) is 0 Å². The Morgan fingerprint density at radius 3 is 1.60 bits per heavy atom. The number of carbonyl (C=O) groups excluding carboxylic acids is 1. The van der Waals surface area contributed by atoms with Gasteiger partial charge in [0.25, 0.3) is 0 Å². The Bertz CT molecular complexity index is 21.6. The third kappa shape index (κ3) is 9.90. The van der Waals surface area contributed by atoms with Crippen LogP contribution < -0.4 is 0 Å². The van der Waals surface area contributed by atoms with Gasteiger partial charge in [-0.1, -0.05) is 0 Å². The van der Waals surface area contributed by atoms with E-state index in [-0.39, 0.29) is 0 Å². The highest BCUT2D eigenvalue weighted by Crippen LogP contribution is 1.13. The molecule has 0 amide bonds. The molecule has 3 heteroatoms. The highest BCUT2D eigenvalue weighted by Gasteiger charge is 1.24. The van der Waals surface area contributed by atoms with Crippen LogP contribution in [-0.4, -0.2) is 6.29 Å². The normalized spacial score (nSPS) is 3.40. The zero-order chi connectivity index (χ0) is 4.71. The molecule has 30 valence electrons. The van der Waals surface area contributed by atoms with E-state index in [1.165, 1.54) is 6.92 Å². The van der Waals surface area contributed by atoms with E-state index in [1.807, 2.05) is 0 Å². The van der Waals surface area contributed by atoms with Gasteiger partial charge in [-0.3, -0.25) is 0 Å². The van der Waals surface area contributed by atoms with Crippen molar-refractivity contribution in [3.05, 3.63) is 0 Å². The predicted molar refractivity (Wildman–Crippen MR) is 17.2 cm³/mol. The number of rotatable bonds is 0. The molecule has 0 spiro atoms. The molecule has 0 aliphatic heterocycles. The van der Waals surface area contributed by atoms with Crippen LogP contribution in [-0.2, 0) is 4.79 Å². The Labute approximate surface area is 30.3 Å². The van der Waals surface area contributed by atoms with Crippen molar-refractivity contribution in [2.75, 3.05) is 0 Å². The minimum absolute atomic E-state index is 0.750. The maximum atomic E-state index is 8.81. The van der Waals surface area contributed by atoms with Gasteiger partial charge in [-0.05, 0) is 6.92 Å². The third-order valence-electron chi connectivity index (χ3n) is 0. The summed E-state index contributed by atoms with van der Waals surface area (Å²) in [5.74, 6) is 0. The Hall–Kier alpha value is -0.730. The zero-order valence-corrected chi connectivity index (χ0v) is 2.99. The predicted octanol–water partition coefficient (Wildman–Crippen LogP) is 0.801. The number of aldehydes is 1. The van der Waals surface area contributed by atoms with Crippen LogP contribution in [0.15, 0.2) is 0 Å². The highest BCUT2D eigenvalue weighted by molar-refractivity contribution is 5.44. The summed E-state index contributed by atoms with van der Waals surface area (Å²) in [4.78, 5) is 8.81. The average molecular weight is 74.1 g/mol. The largest absolute Gasteiger partial charge is 0.304 e. The minimum Gasteiger partial charge on any atom is -0.304 e. The molecule has 0 rings (SSSR count). The molecule has 0 saturated heterocycles. The van der Waals surface area contributed by atoms with Gasteiger partial charge in [-0.2, -0.15) is 0 Å². The molecule has 0 heterocycles. The molecule has 0 radical (unpaired) electrons. The van der Waals surface area contributed by atoms with Crippen LogP contribution in [0.25, 0.3) is 0 Å². The molecular weight excluding hydrogens is 68.0 g/mol. The zero-order valence-electron chi connectivity index (χ0n) is 2.99. The summed E-state index contributed by atoms with van der Waals surface area (Å²) in [5.41, 5.74) is 10.0. The van der Waals surface area contributed by atoms with Crippen molar-refractivity contribution in [2.45, 2.75) is 6.92 Å². The van der Waals surface area contributed by atoms with Crippen molar-refractivity contribution in [1.29, 1.82) is 11.1 Å². The minimum atomic E-state index is 0.750. The van der Waals surface area contributed by atoms with Crippen molar-refractivity contribution in [3.63, 3.8) is 0 Å². The van der Waals surface area contributed by atoms with Gasteiger partial charge in [0.05, 0.1) is 0 Å². The quantitative estimate of drug-likeness (QED) is 0.324. The lowest BCUT2D eigenvalue weighted by Crippen LogP contribution is -1.36. The van der Waals surface area contributed by atoms with Crippen LogP contribution in [0.2, 0.25) is 0 Å². The summed E-state index contributed by atoms with van der Waals surface area (Å²) < 4.78 is 0. The molecular formula is C2H6N2O.